The van der Waals surface area contributed by atoms with Gasteiger partial charge in [-0.2, -0.15) is 0 Å². The molecule has 0 fully saturated rings. The van der Waals surface area contributed by atoms with Crippen LogP contribution in [-0.4, -0.2) is 0 Å². The van der Waals surface area contributed by atoms with Crippen LogP contribution < -0.4 is 0 Å². The highest BCUT2D eigenvalue weighted by molar-refractivity contribution is 6.10. The summed E-state index contributed by atoms with van der Waals surface area (Å²) >= 11 is 0. The highest BCUT2D eigenvalue weighted by atomic mass is 14.4. The van der Waals surface area contributed by atoms with Gasteiger partial charge in [0.15, 0.2) is 0 Å². The van der Waals surface area contributed by atoms with Gasteiger partial charge in [0.2, 0.25) is 0 Å². The van der Waals surface area contributed by atoms with Gasteiger partial charge in [0.1, 0.15) is 0 Å². The molecule has 0 heteroatoms. The zero-order valence-electron chi connectivity index (χ0n) is 41.2. The number of fused-ring (bicyclic) bond motifs is 5. The molecule has 348 valence electrons. The van der Waals surface area contributed by atoms with Crippen molar-refractivity contribution in [3.05, 3.63) is 311 Å². The summed E-state index contributed by atoms with van der Waals surface area (Å²) in [4.78, 5) is 0. The van der Waals surface area contributed by atoms with Crippen LogP contribution in [-0.2, 0) is 25.7 Å². The second-order valence-electron chi connectivity index (χ2n) is 20.0. The fourth-order valence-corrected chi connectivity index (χ4v) is 13.0. The Morgan fingerprint density at radius 1 is 0.135 bits per heavy atom. The van der Waals surface area contributed by atoms with Crippen LogP contribution in [0.3, 0.4) is 0 Å². The molecule has 0 heterocycles. The molecule has 12 aromatic carbocycles. The van der Waals surface area contributed by atoms with Crippen molar-refractivity contribution >= 4 is 10.8 Å². The summed E-state index contributed by atoms with van der Waals surface area (Å²) in [6.07, 6.45) is 3.19. The van der Waals surface area contributed by atoms with Crippen LogP contribution in [0.2, 0.25) is 0 Å². The zero-order chi connectivity index (χ0) is 49.0. The standard InChI is InChI=1S/C74H52/c1-9-27-49(28-10-1)67-57-43-25-26-44-58(57)68(50-29-11-2-12-30-50)60-46-62-61(45-59(60)67)69(51-31-13-3-14-32-51)63-47-65-66(48-64(63)70(62)52-33-15-4-16-34-52)72(54-37-19-6-20-38-54)74(56-41-23-8-24-42-56)73(55-39-21-7-22-40-55)71(65)53-35-17-5-18-36-53/h1-44H,45-48H2. The Labute approximate surface area is 434 Å². The van der Waals surface area contributed by atoms with Crippen LogP contribution in [0.15, 0.2) is 267 Å². The SMILES string of the molecule is c1ccc(-c2c3c(c(-c4ccccc4)c4c2Cc2c(c(-c5ccccc5)c5ccccc5c2-c2ccccc2)C4)Cc2c(c(-c4ccccc4)c(-c4ccccc4)c(-c4ccccc4)c2-c2ccccc2)C3)cc1. The van der Waals surface area contributed by atoms with Gasteiger partial charge >= 0.3 is 0 Å². The van der Waals surface area contributed by atoms with Gasteiger partial charge < -0.3 is 0 Å². The molecule has 2 aliphatic carbocycles. The summed E-state index contributed by atoms with van der Waals surface area (Å²) in [6, 6.07) is 99.3. The van der Waals surface area contributed by atoms with Crippen LogP contribution in [0.5, 0.6) is 0 Å². The Balaban J connectivity index is 1.15. The fourth-order valence-electron chi connectivity index (χ4n) is 13.0. The minimum atomic E-state index is 0.784. The van der Waals surface area contributed by atoms with E-state index in [9.17, 15) is 0 Å². The van der Waals surface area contributed by atoms with Crippen LogP contribution in [0, 0.1) is 0 Å². The van der Waals surface area contributed by atoms with Crippen LogP contribution in [0.1, 0.15) is 44.5 Å². The third-order valence-electron chi connectivity index (χ3n) is 16.0. The number of rotatable bonds is 8. The van der Waals surface area contributed by atoms with E-state index in [0.717, 1.165) is 25.7 Å². The summed E-state index contributed by atoms with van der Waals surface area (Å²) < 4.78 is 0. The Morgan fingerprint density at radius 2 is 0.297 bits per heavy atom. The predicted octanol–water partition coefficient (Wildman–Crippen LogP) is 19.2. The first kappa shape index (κ1) is 43.7. The Bertz CT molecular complexity index is 3770. The van der Waals surface area contributed by atoms with Gasteiger partial charge in [-0.1, -0.05) is 267 Å². The highest BCUT2D eigenvalue weighted by Crippen LogP contribution is 2.57. The summed E-state index contributed by atoms with van der Waals surface area (Å²) in [7, 11) is 0. The Kier molecular flexibility index (Phi) is 10.9. The minimum absolute atomic E-state index is 0.784. The second kappa shape index (κ2) is 18.5. The molecule has 0 aliphatic heterocycles. The fraction of sp³-hybridized carbons (Fsp3) is 0.0541. The van der Waals surface area contributed by atoms with E-state index >= 15 is 0 Å². The molecule has 14 rings (SSSR count). The lowest BCUT2D eigenvalue weighted by Crippen LogP contribution is -2.21. The smallest absolute Gasteiger partial charge is 0.000696 e. The Hall–Kier alpha value is -9.10. The molecule has 0 nitrogen and oxygen atoms in total. The monoisotopic (exact) mass is 940 g/mol. The first-order chi connectivity index (χ1) is 36.8. The van der Waals surface area contributed by atoms with Gasteiger partial charge in [-0.3, -0.25) is 0 Å². The molecule has 12 aromatic rings. The van der Waals surface area contributed by atoms with Gasteiger partial charge in [-0.25, -0.2) is 0 Å². The van der Waals surface area contributed by atoms with E-state index in [0.29, 0.717) is 0 Å². The van der Waals surface area contributed by atoms with Crippen molar-refractivity contribution < 1.29 is 0 Å². The zero-order valence-corrected chi connectivity index (χ0v) is 41.2. The predicted molar refractivity (Wildman–Crippen MR) is 312 cm³/mol. The van der Waals surface area contributed by atoms with Gasteiger partial charge in [0.25, 0.3) is 0 Å². The second-order valence-corrected chi connectivity index (χ2v) is 20.0. The van der Waals surface area contributed by atoms with Gasteiger partial charge in [0, 0.05) is 0 Å². The number of benzene rings is 12. The largest absolute Gasteiger partial charge is 0.0622 e. The van der Waals surface area contributed by atoms with E-state index < -0.39 is 0 Å². The average Bonchev–Trinajstić information content (AvgIpc) is 3.50. The van der Waals surface area contributed by atoms with E-state index in [4.69, 9.17) is 0 Å². The van der Waals surface area contributed by atoms with Crippen molar-refractivity contribution in [3.63, 3.8) is 0 Å². The van der Waals surface area contributed by atoms with Gasteiger partial charge in [-0.05, 0) is 170 Å². The highest BCUT2D eigenvalue weighted by Gasteiger charge is 2.37. The summed E-state index contributed by atoms with van der Waals surface area (Å²) in [5, 5.41) is 2.61. The van der Waals surface area contributed by atoms with E-state index in [1.54, 1.807) is 0 Å². The van der Waals surface area contributed by atoms with Gasteiger partial charge in [0.05, 0.1) is 0 Å². The summed E-state index contributed by atoms with van der Waals surface area (Å²) in [5.41, 5.74) is 32.2. The molecule has 0 amide bonds. The maximum Gasteiger partial charge on any atom is -0.000696 e. The lowest BCUT2D eigenvalue weighted by Gasteiger charge is -2.37. The molecule has 0 N–H and O–H groups in total. The van der Waals surface area contributed by atoms with Crippen molar-refractivity contribution in [2.75, 3.05) is 0 Å². The van der Waals surface area contributed by atoms with E-state index in [2.05, 4.69) is 267 Å². The maximum absolute atomic E-state index is 2.37. The van der Waals surface area contributed by atoms with Crippen LogP contribution >= 0.6 is 0 Å². The average molecular weight is 941 g/mol. The topological polar surface area (TPSA) is 0 Å². The summed E-state index contributed by atoms with van der Waals surface area (Å²) in [6.45, 7) is 0. The Morgan fingerprint density at radius 3 is 0.541 bits per heavy atom. The van der Waals surface area contributed by atoms with Crippen molar-refractivity contribution in [3.8, 4) is 89.0 Å². The first-order valence-corrected chi connectivity index (χ1v) is 26.2. The molecular weight excluding hydrogens is 889 g/mol. The molecule has 0 bridgehead atoms. The minimum Gasteiger partial charge on any atom is -0.0622 e. The molecule has 0 unspecified atom stereocenters. The molecule has 0 saturated heterocycles. The lowest BCUT2D eigenvalue weighted by atomic mass is 9.66. The van der Waals surface area contributed by atoms with Crippen LogP contribution in [0.25, 0.3) is 99.8 Å². The molecule has 0 spiro atoms. The third kappa shape index (κ3) is 7.28. The number of hydrogen-bond acceptors (Lipinski definition) is 0. The molecule has 74 heavy (non-hydrogen) atoms. The molecular formula is C74H52. The number of hydrogen-bond donors (Lipinski definition) is 0. The quantitative estimate of drug-likeness (QED) is 0.142. The normalized spacial score (nSPS) is 12.4. The van der Waals surface area contributed by atoms with Crippen molar-refractivity contribution in [2.45, 2.75) is 25.7 Å². The first-order valence-electron chi connectivity index (χ1n) is 26.2. The van der Waals surface area contributed by atoms with Gasteiger partial charge in [-0.15, -0.1) is 0 Å². The van der Waals surface area contributed by atoms with Crippen molar-refractivity contribution in [1.29, 1.82) is 0 Å². The molecule has 0 aromatic heterocycles. The lowest BCUT2D eigenvalue weighted by molar-refractivity contribution is 0.958. The van der Waals surface area contributed by atoms with Crippen LogP contribution in [0.4, 0.5) is 0 Å². The summed E-state index contributed by atoms with van der Waals surface area (Å²) in [5.74, 6) is 0. The van der Waals surface area contributed by atoms with E-state index in [1.807, 2.05) is 0 Å². The molecule has 2 aliphatic rings. The van der Waals surface area contributed by atoms with Crippen molar-refractivity contribution in [1.82, 2.24) is 0 Å². The molecule has 0 atom stereocenters. The van der Waals surface area contributed by atoms with Crippen molar-refractivity contribution in [2.24, 2.45) is 0 Å². The third-order valence-corrected chi connectivity index (χ3v) is 16.0. The van der Waals surface area contributed by atoms with E-state index in [1.165, 1.54) is 144 Å². The maximum atomic E-state index is 2.37. The molecule has 0 radical (unpaired) electrons. The van der Waals surface area contributed by atoms with E-state index in [-0.39, 0.29) is 0 Å². The molecule has 0 saturated carbocycles.